The molecule has 0 bridgehead atoms. The zero-order chi connectivity index (χ0) is 34.8. The van der Waals surface area contributed by atoms with E-state index in [9.17, 15) is 9.59 Å². The molecule has 0 amide bonds. The van der Waals surface area contributed by atoms with Crippen molar-refractivity contribution in [2.24, 2.45) is 0 Å². The van der Waals surface area contributed by atoms with Gasteiger partial charge in [0.2, 0.25) is 5.69 Å². The molecule has 49 heavy (non-hydrogen) atoms. The molecule has 2 aliphatic rings. The number of benzene rings is 4. The fourth-order valence-corrected chi connectivity index (χ4v) is 8.01. The summed E-state index contributed by atoms with van der Waals surface area (Å²) in [7, 11) is 0. The molecule has 0 aromatic heterocycles. The fraction of sp³-hybridized carbons (Fsp3) is 0.372. The van der Waals surface area contributed by atoms with Crippen LogP contribution < -0.4 is 4.90 Å². The normalized spacial score (nSPS) is 16.9. The lowest BCUT2D eigenvalue weighted by Crippen LogP contribution is -2.29. The minimum Gasteiger partial charge on any atom is -0.466 e. The van der Waals surface area contributed by atoms with Gasteiger partial charge in [0.15, 0.2) is 5.71 Å². The van der Waals surface area contributed by atoms with E-state index in [0.29, 0.717) is 52.0 Å². The molecule has 6 rings (SSSR count). The highest BCUT2D eigenvalue weighted by Crippen LogP contribution is 2.51. The van der Waals surface area contributed by atoms with Crippen LogP contribution in [0.15, 0.2) is 96.7 Å². The van der Waals surface area contributed by atoms with Gasteiger partial charge < -0.3 is 14.4 Å². The summed E-state index contributed by atoms with van der Waals surface area (Å²) in [5, 5.41) is 4.97. The average molecular weight is 658 g/mol. The summed E-state index contributed by atoms with van der Waals surface area (Å²) in [6.07, 6.45) is 8.89. The highest BCUT2D eigenvalue weighted by atomic mass is 16.5. The first-order valence-corrected chi connectivity index (χ1v) is 17.8. The van der Waals surface area contributed by atoms with Gasteiger partial charge in [-0.15, -0.1) is 0 Å². The van der Waals surface area contributed by atoms with E-state index in [1.807, 2.05) is 13.8 Å². The Hall–Kier alpha value is -4.71. The molecule has 4 aromatic rings. The molecule has 6 heteroatoms. The third-order valence-electron chi connectivity index (χ3n) is 10.2. The van der Waals surface area contributed by atoms with Crippen molar-refractivity contribution < 1.29 is 23.6 Å². The van der Waals surface area contributed by atoms with Gasteiger partial charge in [-0.3, -0.25) is 9.59 Å². The Balaban J connectivity index is 1.40. The quantitative estimate of drug-likeness (QED) is 0.112. The van der Waals surface area contributed by atoms with E-state index in [-0.39, 0.29) is 22.8 Å². The van der Waals surface area contributed by atoms with Gasteiger partial charge in [0, 0.05) is 53.9 Å². The summed E-state index contributed by atoms with van der Waals surface area (Å²) in [5.41, 5.74) is 6.89. The van der Waals surface area contributed by atoms with E-state index in [1.165, 1.54) is 55.5 Å². The summed E-state index contributed by atoms with van der Waals surface area (Å²) in [5.74, 6) is -0.305. The molecule has 4 aromatic carbocycles. The topological polar surface area (TPSA) is 58.8 Å². The largest absolute Gasteiger partial charge is 0.466 e. The van der Waals surface area contributed by atoms with E-state index in [2.05, 4.69) is 128 Å². The van der Waals surface area contributed by atoms with Crippen LogP contribution in [0.2, 0.25) is 0 Å². The van der Waals surface area contributed by atoms with E-state index in [1.54, 1.807) is 0 Å². The number of carbonyl (C=O) groups is 2. The second-order valence-corrected chi connectivity index (χ2v) is 14.0. The molecular formula is C43H49N2O4+. The first-order valence-electron chi connectivity index (χ1n) is 17.8. The van der Waals surface area contributed by atoms with Crippen LogP contribution in [-0.4, -0.2) is 48.5 Å². The van der Waals surface area contributed by atoms with Crippen LogP contribution in [0, 0.1) is 0 Å². The molecule has 0 aliphatic carbocycles. The molecule has 0 saturated carbocycles. The fourth-order valence-electron chi connectivity index (χ4n) is 8.01. The van der Waals surface area contributed by atoms with Crippen molar-refractivity contribution in [3.8, 4) is 0 Å². The number of hydrogen-bond acceptors (Lipinski definition) is 5. The zero-order valence-electron chi connectivity index (χ0n) is 29.8. The Labute approximate surface area is 290 Å². The molecular weight excluding hydrogens is 608 g/mol. The number of hydrogen-bond donors (Lipinski definition) is 0. The van der Waals surface area contributed by atoms with Gasteiger partial charge in [-0.05, 0) is 79.4 Å². The number of allylic oxidation sites excluding steroid dienone is 4. The number of ether oxygens (including phenoxy) is 2. The Bertz CT molecular complexity index is 2000. The monoisotopic (exact) mass is 657 g/mol. The molecule has 0 N–H and O–H groups in total. The molecule has 2 aliphatic heterocycles. The number of esters is 2. The smallest absolute Gasteiger partial charge is 0.306 e. The van der Waals surface area contributed by atoms with Crippen molar-refractivity contribution in [3.63, 3.8) is 0 Å². The van der Waals surface area contributed by atoms with Crippen molar-refractivity contribution in [1.82, 2.24) is 0 Å². The van der Waals surface area contributed by atoms with Gasteiger partial charge in [-0.25, -0.2) is 0 Å². The van der Waals surface area contributed by atoms with Gasteiger partial charge in [0.05, 0.1) is 25.0 Å². The first-order chi connectivity index (χ1) is 23.6. The van der Waals surface area contributed by atoms with Crippen molar-refractivity contribution in [1.29, 1.82) is 0 Å². The average Bonchev–Trinajstić information content (AvgIpc) is 3.43. The maximum atomic E-state index is 12.3. The SMILES string of the molecule is CCOC(=O)CCCN1/C(=C\C=C\C2=[N+](CCCC(=O)OCC)c3ccc4ccccc4c3C2(C)C)C(C)(C)c2c1ccc1ccccc21. The summed E-state index contributed by atoms with van der Waals surface area (Å²) in [6, 6.07) is 26.1. The lowest BCUT2D eigenvalue weighted by Gasteiger charge is -2.27. The molecule has 2 heterocycles. The van der Waals surface area contributed by atoms with Crippen molar-refractivity contribution in [2.45, 2.75) is 78.1 Å². The second kappa shape index (κ2) is 14.0. The second-order valence-electron chi connectivity index (χ2n) is 14.0. The molecule has 0 unspecified atom stereocenters. The number of carbonyl (C=O) groups excluding carboxylic acids is 2. The molecule has 0 atom stereocenters. The minimum atomic E-state index is -0.265. The molecule has 6 nitrogen and oxygen atoms in total. The van der Waals surface area contributed by atoms with Gasteiger partial charge in [-0.2, -0.15) is 4.58 Å². The van der Waals surface area contributed by atoms with Gasteiger partial charge >= 0.3 is 11.9 Å². The Kier molecular flexibility index (Phi) is 9.78. The minimum absolute atomic E-state index is 0.153. The lowest BCUT2D eigenvalue weighted by atomic mass is 9.79. The maximum Gasteiger partial charge on any atom is 0.306 e. The summed E-state index contributed by atoms with van der Waals surface area (Å²) in [4.78, 5) is 27.0. The van der Waals surface area contributed by atoms with Gasteiger partial charge in [0.1, 0.15) is 6.54 Å². The van der Waals surface area contributed by atoms with Crippen LogP contribution in [0.3, 0.4) is 0 Å². The Morgan fingerprint density at radius 3 is 1.98 bits per heavy atom. The molecule has 0 spiro atoms. The van der Waals surface area contributed by atoms with Gasteiger partial charge in [0.25, 0.3) is 0 Å². The van der Waals surface area contributed by atoms with Crippen molar-refractivity contribution >= 4 is 50.6 Å². The van der Waals surface area contributed by atoms with Crippen LogP contribution in [0.4, 0.5) is 11.4 Å². The Morgan fingerprint density at radius 1 is 0.735 bits per heavy atom. The zero-order valence-corrected chi connectivity index (χ0v) is 29.8. The number of rotatable bonds is 12. The van der Waals surface area contributed by atoms with Crippen molar-refractivity contribution in [2.75, 3.05) is 31.2 Å². The van der Waals surface area contributed by atoms with Crippen LogP contribution in [0.1, 0.15) is 78.4 Å². The van der Waals surface area contributed by atoms with Crippen molar-refractivity contribution in [3.05, 3.63) is 108 Å². The third kappa shape index (κ3) is 6.41. The summed E-state index contributed by atoms with van der Waals surface area (Å²) in [6.45, 7) is 15.1. The molecule has 0 radical (unpaired) electrons. The van der Waals surface area contributed by atoms with E-state index in [0.717, 1.165) is 0 Å². The molecule has 254 valence electrons. The van der Waals surface area contributed by atoms with E-state index in [4.69, 9.17) is 9.47 Å². The summed E-state index contributed by atoms with van der Waals surface area (Å²) >= 11 is 0. The predicted molar refractivity (Wildman–Crippen MR) is 200 cm³/mol. The van der Waals surface area contributed by atoms with Crippen LogP contribution >= 0.6 is 0 Å². The van der Waals surface area contributed by atoms with E-state index < -0.39 is 0 Å². The lowest BCUT2D eigenvalue weighted by molar-refractivity contribution is -0.438. The number of anilines is 1. The standard InChI is InChI=1S/C43H49N2O4/c1-7-48-38(46)22-14-28-44-34-26-24-30-16-9-11-18-32(30)40(34)42(3,4)36(44)20-13-21-37-43(5,6)41-33-19-12-10-17-31(33)25-27-35(41)45(37)29-15-23-39(47)49-8-2/h9-13,16-21,24-27H,7-8,14-15,22-23,28-29H2,1-6H3/q+1. The van der Waals surface area contributed by atoms with Crippen LogP contribution in [0.5, 0.6) is 0 Å². The highest BCUT2D eigenvalue weighted by molar-refractivity contribution is 6.07. The molecule has 0 fully saturated rings. The first kappa shape index (κ1) is 34.2. The predicted octanol–water partition coefficient (Wildman–Crippen LogP) is 9.29. The van der Waals surface area contributed by atoms with Gasteiger partial charge in [-0.1, -0.05) is 74.5 Å². The third-order valence-corrected chi connectivity index (χ3v) is 10.2. The highest BCUT2D eigenvalue weighted by Gasteiger charge is 2.46. The molecule has 0 saturated heterocycles. The number of nitrogens with zero attached hydrogens (tertiary/aromatic N) is 2. The van der Waals surface area contributed by atoms with Crippen LogP contribution in [0.25, 0.3) is 21.5 Å². The number of fused-ring (bicyclic) bond motifs is 6. The maximum absolute atomic E-state index is 12.3. The Morgan fingerprint density at radius 2 is 1.33 bits per heavy atom. The van der Waals surface area contributed by atoms with Crippen LogP contribution in [-0.2, 0) is 29.9 Å². The van der Waals surface area contributed by atoms with E-state index >= 15 is 0 Å². The summed E-state index contributed by atoms with van der Waals surface area (Å²) < 4.78 is 12.9.